The van der Waals surface area contributed by atoms with Gasteiger partial charge in [0, 0.05) is 32.5 Å². The van der Waals surface area contributed by atoms with E-state index in [1.165, 1.54) is 31.5 Å². The molecule has 8 atom stereocenters. The molecule has 0 spiro atoms. The molecule has 0 bridgehead atoms. The number of aromatic nitrogens is 2. The maximum Gasteiger partial charge on any atom is 0.330 e. The summed E-state index contributed by atoms with van der Waals surface area (Å²) in [6.45, 7) is 32.3. The van der Waals surface area contributed by atoms with Gasteiger partial charge in [0.1, 0.15) is 23.4 Å². The van der Waals surface area contributed by atoms with Crippen molar-refractivity contribution in [2.24, 2.45) is 0 Å². The molecule has 3 unspecified atom stereocenters. The number of esters is 3. The van der Waals surface area contributed by atoms with Crippen molar-refractivity contribution < 1.29 is 56.4 Å². The molecule has 18 heteroatoms. The molecule has 2 saturated heterocycles. The molecule has 2 aromatic carbocycles. The Morgan fingerprint density at radius 2 is 1.04 bits per heavy atom. The third-order valence-electron chi connectivity index (χ3n) is 16.1. The number of H-pyrrole nitrogens is 1. The summed E-state index contributed by atoms with van der Waals surface area (Å²) >= 11 is 0. The van der Waals surface area contributed by atoms with E-state index in [9.17, 15) is 24.0 Å². The molecule has 16 nitrogen and oxygen atoms in total. The summed E-state index contributed by atoms with van der Waals surface area (Å²) in [5.74, 6) is -1.51. The standard InChI is InChI=1S/C29H42N2O7Si.C26H40O7Si/c1-9-29(28(15-16-28)38-39(7,8)27(4,5)6)23(35-18-21-13-11-10-12-14-21)22(36-20(3)32)25(37-29)31-17-19(2)24(33)30-26(31)34;1-9-26(25(15-16-25)33-34(7,8)24(4,5)6)22(29-17-20-13-11-10-12-14-20)21(30-18(2)27)23(32-26)31-19(3)28/h10-14,17,22-23,25H,9,15-16,18H2,1-8H3,(H,30,33,34);10-14,21-23H,9,15-17H2,1-8H3/t22-,23?,25+,29+;21-,22?,23?,26+/m00/s1. The van der Waals surface area contributed by atoms with Crippen molar-refractivity contribution in [2.75, 3.05) is 0 Å². The molecule has 2 saturated carbocycles. The van der Waals surface area contributed by atoms with Crippen LogP contribution in [-0.4, -0.2) is 97.2 Å². The van der Waals surface area contributed by atoms with Gasteiger partial charge in [0.05, 0.1) is 24.4 Å². The zero-order valence-electron chi connectivity index (χ0n) is 46.1. The Morgan fingerprint density at radius 3 is 1.42 bits per heavy atom. The van der Waals surface area contributed by atoms with Crippen molar-refractivity contribution in [1.29, 1.82) is 0 Å². The van der Waals surface area contributed by atoms with E-state index < -0.39 is 105 Å². The number of aryl methyl sites for hydroxylation is 1. The van der Waals surface area contributed by atoms with Crippen LogP contribution in [0.3, 0.4) is 0 Å². The van der Waals surface area contributed by atoms with Crippen LogP contribution in [0.5, 0.6) is 0 Å². The number of carbonyl (C=O) groups is 3. The summed E-state index contributed by atoms with van der Waals surface area (Å²) in [6.07, 6.45) is 0.313. The van der Waals surface area contributed by atoms with Crippen molar-refractivity contribution in [1.82, 2.24) is 9.55 Å². The van der Waals surface area contributed by atoms with Gasteiger partial charge >= 0.3 is 23.6 Å². The van der Waals surface area contributed by atoms with Gasteiger partial charge in [-0.2, -0.15) is 0 Å². The summed E-state index contributed by atoms with van der Waals surface area (Å²) in [4.78, 5) is 64.0. The number of carbonyl (C=O) groups excluding carboxylic acids is 3. The van der Waals surface area contributed by atoms with E-state index in [1.807, 2.05) is 74.5 Å². The summed E-state index contributed by atoms with van der Waals surface area (Å²) in [5.41, 5.74) is -2.04. The Hall–Kier alpha value is -4.28. The highest BCUT2D eigenvalue weighted by atomic mass is 28.4. The summed E-state index contributed by atoms with van der Waals surface area (Å²) in [6, 6.07) is 19.6. The Kier molecular flexibility index (Phi) is 17.3. The molecule has 7 rings (SSSR count). The van der Waals surface area contributed by atoms with E-state index in [4.69, 9.17) is 42.0 Å². The minimum Gasteiger partial charge on any atom is -0.455 e. The Labute approximate surface area is 433 Å². The van der Waals surface area contributed by atoms with E-state index in [0.717, 1.165) is 36.8 Å². The SMILES string of the molecule is CC[C@@]1(C2(O[Si](C)(C)C(C)(C)C)CC2)OC(OC(C)=O)[C@@H](OC(C)=O)C1OCc1ccccc1.CC[C@@]1(C2(O[Si](C)(C)C(C)(C)C)CC2)O[C@@H](n2cc(C)c(=O)[nH]c2=O)[C@@H](OC(C)=O)C1OCc1ccccc1. The number of nitrogens with zero attached hydrogens (tertiary/aromatic N) is 1. The molecule has 404 valence electrons. The van der Waals surface area contributed by atoms with Crippen LogP contribution in [0, 0.1) is 6.92 Å². The molecule has 73 heavy (non-hydrogen) atoms. The van der Waals surface area contributed by atoms with E-state index in [-0.39, 0.29) is 16.7 Å². The predicted molar refractivity (Wildman–Crippen MR) is 281 cm³/mol. The summed E-state index contributed by atoms with van der Waals surface area (Å²) in [7, 11) is -4.45. The Balaban J connectivity index is 0.000000241. The average molecular weight is 1050 g/mol. The van der Waals surface area contributed by atoms with Crippen molar-refractivity contribution in [3.63, 3.8) is 0 Å². The normalized spacial score (nSPS) is 27.3. The predicted octanol–water partition coefficient (Wildman–Crippen LogP) is 9.72. The van der Waals surface area contributed by atoms with Gasteiger partial charge in [-0.05, 0) is 92.8 Å². The number of nitrogens with one attached hydrogen (secondary N) is 1. The van der Waals surface area contributed by atoms with Crippen LogP contribution in [0.15, 0.2) is 76.4 Å². The maximum atomic E-state index is 13.0. The van der Waals surface area contributed by atoms with Crippen LogP contribution in [0.4, 0.5) is 0 Å². The third-order valence-corrected chi connectivity index (χ3v) is 25.1. The molecule has 3 aromatic rings. The first kappa shape index (κ1) is 58.0. The first-order valence-corrected chi connectivity index (χ1v) is 31.7. The highest BCUT2D eigenvalue weighted by Crippen LogP contribution is 2.63. The van der Waals surface area contributed by atoms with Gasteiger partial charge in [0.2, 0.25) is 6.29 Å². The van der Waals surface area contributed by atoms with Gasteiger partial charge < -0.3 is 42.0 Å². The molecular formula is C55H82N2O14Si2. The number of ether oxygens (including phenoxy) is 7. The van der Waals surface area contributed by atoms with Crippen LogP contribution in [0.25, 0.3) is 0 Å². The van der Waals surface area contributed by atoms with E-state index in [1.54, 1.807) is 6.92 Å². The molecule has 2 aliphatic heterocycles. The van der Waals surface area contributed by atoms with Crippen LogP contribution in [-0.2, 0) is 69.6 Å². The second-order valence-corrected chi connectivity index (χ2v) is 32.8. The van der Waals surface area contributed by atoms with Crippen molar-refractivity contribution in [3.05, 3.63) is 104 Å². The van der Waals surface area contributed by atoms with Crippen LogP contribution >= 0.6 is 0 Å². The quantitative estimate of drug-likeness (QED) is 0.0720. The third kappa shape index (κ3) is 12.1. The van der Waals surface area contributed by atoms with Crippen molar-refractivity contribution >= 4 is 34.5 Å². The maximum absolute atomic E-state index is 13.0. The fourth-order valence-electron chi connectivity index (χ4n) is 10.0. The lowest BCUT2D eigenvalue weighted by molar-refractivity contribution is -0.224. The first-order chi connectivity index (χ1) is 33.9. The lowest BCUT2D eigenvalue weighted by Gasteiger charge is -2.47. The highest BCUT2D eigenvalue weighted by molar-refractivity contribution is 6.74. The molecule has 4 fully saturated rings. The Bertz CT molecular complexity index is 2530. The molecular weight excluding hydrogens is 969 g/mol. The molecule has 3 heterocycles. The zero-order valence-corrected chi connectivity index (χ0v) is 48.1. The molecule has 0 radical (unpaired) electrons. The number of hydrogen-bond acceptors (Lipinski definition) is 14. The largest absolute Gasteiger partial charge is 0.455 e. The second-order valence-electron chi connectivity index (χ2n) is 23.4. The summed E-state index contributed by atoms with van der Waals surface area (Å²) < 4.78 is 59.1. The number of rotatable bonds is 18. The van der Waals surface area contributed by atoms with E-state index in [2.05, 4.69) is 72.7 Å². The van der Waals surface area contributed by atoms with Gasteiger partial charge in [0.15, 0.2) is 35.1 Å². The van der Waals surface area contributed by atoms with Gasteiger partial charge in [0.25, 0.3) is 5.56 Å². The minimum absolute atomic E-state index is 0.00108. The molecule has 1 N–H and O–H groups in total. The molecule has 1 aromatic heterocycles. The number of benzene rings is 2. The van der Waals surface area contributed by atoms with Crippen LogP contribution < -0.4 is 11.2 Å². The molecule has 2 aliphatic carbocycles. The van der Waals surface area contributed by atoms with Crippen LogP contribution in [0.1, 0.15) is 138 Å². The van der Waals surface area contributed by atoms with E-state index in [0.29, 0.717) is 25.0 Å². The number of hydrogen-bond donors (Lipinski definition) is 1. The second kappa shape index (κ2) is 21.8. The smallest absolute Gasteiger partial charge is 0.330 e. The molecule has 4 aliphatic rings. The van der Waals surface area contributed by atoms with Gasteiger partial charge in [-0.15, -0.1) is 0 Å². The number of aromatic amines is 1. The van der Waals surface area contributed by atoms with Crippen LogP contribution in [0.2, 0.25) is 36.3 Å². The average Bonchev–Trinajstić information content (AvgIpc) is 4.21. The van der Waals surface area contributed by atoms with Gasteiger partial charge in [-0.1, -0.05) is 116 Å². The zero-order chi connectivity index (χ0) is 54.2. The summed E-state index contributed by atoms with van der Waals surface area (Å²) in [5, 5.41) is -0.0424. The van der Waals surface area contributed by atoms with E-state index >= 15 is 0 Å². The van der Waals surface area contributed by atoms with Gasteiger partial charge in [-0.3, -0.25) is 28.7 Å². The monoisotopic (exact) mass is 1050 g/mol. The van der Waals surface area contributed by atoms with Crippen molar-refractivity contribution in [3.8, 4) is 0 Å². The lowest BCUT2D eigenvalue weighted by atomic mass is 9.84. The lowest BCUT2D eigenvalue weighted by Crippen LogP contribution is -2.60. The minimum atomic E-state index is -2.27. The first-order valence-electron chi connectivity index (χ1n) is 25.8. The van der Waals surface area contributed by atoms with Gasteiger partial charge in [-0.25, -0.2) is 4.79 Å². The molecule has 0 amide bonds. The van der Waals surface area contributed by atoms with Crippen molar-refractivity contribution in [2.45, 2.75) is 230 Å². The topological polar surface area (TPSA) is 189 Å². The fourth-order valence-corrected chi connectivity index (χ4v) is 13.4. The Morgan fingerprint density at radius 1 is 0.644 bits per heavy atom. The fraction of sp³-hybridized carbons (Fsp3) is 0.655. The highest BCUT2D eigenvalue weighted by Gasteiger charge is 2.75.